The first-order valence-electron chi connectivity index (χ1n) is 25.0. The molecule has 0 amide bonds. The first-order chi connectivity index (χ1) is 36.5. The van der Waals surface area contributed by atoms with Crippen molar-refractivity contribution in [1.29, 1.82) is 0 Å². The topological polar surface area (TPSA) is 38.7 Å². The molecule has 9 aromatic carbocycles. The predicted octanol–water partition coefficient (Wildman–Crippen LogP) is 18.2. The average molecular weight is 1140 g/mol. The van der Waals surface area contributed by atoms with Gasteiger partial charge in [0.2, 0.25) is 0 Å². The molecule has 0 fully saturated rings. The van der Waals surface area contributed by atoms with Crippen molar-refractivity contribution in [2.24, 2.45) is 0 Å². The van der Waals surface area contributed by atoms with Crippen LogP contribution < -0.4 is 0 Å². The zero-order chi connectivity index (χ0) is 49.8. The zero-order valence-electron chi connectivity index (χ0n) is 41.4. The fraction of sp³-hybridized carbons (Fsp3) is 0.0282. The van der Waals surface area contributed by atoms with Crippen LogP contribution in [0.5, 0.6) is 0 Å². The van der Waals surface area contributed by atoms with Gasteiger partial charge in [-0.2, -0.15) is 0 Å². The molecule has 356 valence electrons. The molecule has 0 radical (unpaired) electrons. The number of rotatable bonds is 11. The van der Waals surface area contributed by atoms with Crippen LogP contribution in [0.25, 0.3) is 123 Å². The van der Waals surface area contributed by atoms with Gasteiger partial charge in [-0.1, -0.05) is 191 Å². The third kappa shape index (κ3) is 10.2. The van der Waals surface area contributed by atoms with Crippen LogP contribution in [0.2, 0.25) is 0 Å². The molecule has 0 aliphatic rings. The summed E-state index contributed by atoms with van der Waals surface area (Å²) in [6.45, 7) is 4.21. The monoisotopic (exact) mass is 1140 g/mol. The smallest absolute Gasteiger partial charge is 0.305 e. The molecule has 12 rings (SSSR count). The van der Waals surface area contributed by atoms with Crippen LogP contribution in [0.4, 0.5) is 0 Å². The van der Waals surface area contributed by atoms with Crippen LogP contribution in [0.15, 0.2) is 255 Å². The molecule has 0 atom stereocenters. The van der Waals surface area contributed by atoms with Gasteiger partial charge in [-0.3, -0.25) is 0 Å². The molecule has 0 spiro atoms. The first-order valence-corrected chi connectivity index (χ1v) is 25.0. The van der Waals surface area contributed by atoms with Crippen LogP contribution in [-0.4, -0.2) is 15.0 Å². The summed E-state index contributed by atoms with van der Waals surface area (Å²) < 4.78 is 0. The maximum Gasteiger partial charge on any atom is 3.00 e. The Hall–Kier alpha value is -8.92. The van der Waals surface area contributed by atoms with E-state index in [9.17, 15) is 0 Å². The second-order valence-electron chi connectivity index (χ2n) is 18.7. The molecule has 3 heterocycles. The van der Waals surface area contributed by atoms with Gasteiger partial charge >= 0.3 is 20.1 Å². The third-order valence-electron chi connectivity index (χ3n) is 13.8. The van der Waals surface area contributed by atoms with E-state index in [1.165, 1.54) is 16.7 Å². The van der Waals surface area contributed by atoms with Crippen LogP contribution in [0.3, 0.4) is 0 Å². The Kier molecular flexibility index (Phi) is 14.0. The standard InChI is InChI=1S/C71H48N3.Ir/c1-48-39-41-73-70(42-48)57-35-29-53(30-36-57)63-17-7-10-20-66(63)60-43-59(65-19-9-6-16-62(65)52-27-33-56(34-28-52)69-22-12-13-40-72-69)44-61(45-60)67-21-11-8-18-64(67)54-31-37-58(38-32-54)71-46-68(49(2)47-74-71)55-25-23-51(24-26-55)50-14-4-3-5-15-50;/h3-33,35,37,39-47H,1-2H3;/q-3;+3. The summed E-state index contributed by atoms with van der Waals surface area (Å²) in [5, 5.41) is 0. The van der Waals surface area contributed by atoms with Crippen molar-refractivity contribution in [1.82, 2.24) is 15.0 Å². The Morgan fingerprint density at radius 2 is 0.680 bits per heavy atom. The Balaban J connectivity index is 0.00000602. The fourth-order valence-corrected chi connectivity index (χ4v) is 9.97. The van der Waals surface area contributed by atoms with Crippen LogP contribution in [-0.2, 0) is 20.1 Å². The molecule has 3 nitrogen and oxygen atoms in total. The van der Waals surface area contributed by atoms with E-state index in [1.807, 2.05) is 42.9 Å². The number of hydrogen-bond donors (Lipinski definition) is 0. The van der Waals surface area contributed by atoms with Crippen molar-refractivity contribution in [2.75, 3.05) is 0 Å². The van der Waals surface area contributed by atoms with Gasteiger partial charge in [-0.05, 0) is 122 Å². The van der Waals surface area contributed by atoms with Gasteiger partial charge < -0.3 is 15.0 Å². The van der Waals surface area contributed by atoms with E-state index in [1.54, 1.807) is 0 Å². The zero-order valence-corrected chi connectivity index (χ0v) is 43.8. The van der Waals surface area contributed by atoms with Gasteiger partial charge in [-0.15, -0.1) is 89.5 Å². The molecule has 0 aliphatic heterocycles. The van der Waals surface area contributed by atoms with E-state index in [2.05, 4.69) is 254 Å². The summed E-state index contributed by atoms with van der Waals surface area (Å²) in [5.41, 5.74) is 25.9. The van der Waals surface area contributed by atoms with Gasteiger partial charge in [0, 0.05) is 18.6 Å². The van der Waals surface area contributed by atoms with Crippen molar-refractivity contribution in [3.8, 4) is 123 Å². The van der Waals surface area contributed by atoms with Crippen molar-refractivity contribution < 1.29 is 20.1 Å². The number of benzene rings is 9. The molecular formula is C71H48IrN3. The molecule has 0 saturated carbocycles. The molecule has 4 heteroatoms. The van der Waals surface area contributed by atoms with E-state index < -0.39 is 0 Å². The normalized spacial score (nSPS) is 11.0. The minimum absolute atomic E-state index is 0. The van der Waals surface area contributed by atoms with Crippen LogP contribution in [0.1, 0.15) is 11.1 Å². The largest absolute Gasteiger partial charge is 3.00 e. The number of pyridine rings is 3. The SMILES string of the molecule is Cc1ccnc(-c2[c-]cc(-c3ccccc3-c3cc(-c4ccccc4-c4c[c-]c(-c5ccccn5)cc4)cc(-c4ccccc4-c4c[c-]c(-c5cc(-c6ccc(-c7ccccc7)cc6)c(C)cn5)cc4)c3)cc2)c1.[Ir+3]. The second-order valence-corrected chi connectivity index (χ2v) is 18.7. The summed E-state index contributed by atoms with van der Waals surface area (Å²) in [7, 11) is 0. The number of aromatic nitrogens is 3. The number of nitrogens with zero attached hydrogens (tertiary/aromatic N) is 3. The molecular weight excluding hydrogens is 1090 g/mol. The second kappa shape index (κ2) is 21.7. The van der Waals surface area contributed by atoms with E-state index in [-0.39, 0.29) is 20.1 Å². The van der Waals surface area contributed by atoms with Crippen LogP contribution in [0, 0.1) is 32.0 Å². The third-order valence-corrected chi connectivity index (χ3v) is 13.8. The summed E-state index contributed by atoms with van der Waals surface area (Å²) in [6, 6.07) is 94.6. The molecule has 0 saturated heterocycles. The minimum Gasteiger partial charge on any atom is -0.305 e. The Morgan fingerprint density at radius 3 is 1.13 bits per heavy atom. The maximum atomic E-state index is 4.90. The van der Waals surface area contributed by atoms with Gasteiger partial charge in [0.05, 0.1) is 0 Å². The molecule has 0 unspecified atom stereocenters. The summed E-state index contributed by atoms with van der Waals surface area (Å²) in [6.07, 6.45) is 5.65. The fourth-order valence-electron chi connectivity index (χ4n) is 9.97. The van der Waals surface area contributed by atoms with Crippen LogP contribution >= 0.6 is 0 Å². The Bertz CT molecular complexity index is 3930. The molecule has 75 heavy (non-hydrogen) atoms. The van der Waals surface area contributed by atoms with Crippen molar-refractivity contribution in [2.45, 2.75) is 13.8 Å². The summed E-state index contributed by atoms with van der Waals surface area (Å²) in [5.74, 6) is 0. The van der Waals surface area contributed by atoms with Crippen molar-refractivity contribution in [3.05, 3.63) is 285 Å². The average Bonchev–Trinajstić information content (AvgIpc) is 3.48. The van der Waals surface area contributed by atoms with Gasteiger partial charge in [-0.25, -0.2) is 0 Å². The molecule has 0 N–H and O–H groups in total. The maximum absolute atomic E-state index is 4.90. The van der Waals surface area contributed by atoms with Gasteiger partial charge in [0.15, 0.2) is 0 Å². The predicted molar refractivity (Wildman–Crippen MR) is 306 cm³/mol. The number of hydrogen-bond acceptors (Lipinski definition) is 3. The summed E-state index contributed by atoms with van der Waals surface area (Å²) in [4.78, 5) is 14.1. The van der Waals surface area contributed by atoms with Crippen molar-refractivity contribution >= 4 is 0 Å². The molecule has 0 bridgehead atoms. The van der Waals surface area contributed by atoms with E-state index in [0.29, 0.717) is 0 Å². The van der Waals surface area contributed by atoms with Crippen molar-refractivity contribution in [3.63, 3.8) is 0 Å². The van der Waals surface area contributed by atoms with Gasteiger partial charge in [0.1, 0.15) is 0 Å². The Morgan fingerprint density at radius 1 is 0.280 bits per heavy atom. The van der Waals surface area contributed by atoms with E-state index in [0.717, 1.165) is 117 Å². The molecule has 0 aliphatic carbocycles. The Labute approximate surface area is 453 Å². The van der Waals surface area contributed by atoms with E-state index >= 15 is 0 Å². The first kappa shape index (κ1) is 48.4. The number of aryl methyl sites for hydroxylation is 2. The molecule has 12 aromatic rings. The molecule has 3 aromatic heterocycles. The minimum atomic E-state index is 0. The van der Waals surface area contributed by atoms with E-state index in [4.69, 9.17) is 4.98 Å². The van der Waals surface area contributed by atoms with Gasteiger partial charge in [0.25, 0.3) is 0 Å². The quantitative estimate of drug-likeness (QED) is 0.121. The summed E-state index contributed by atoms with van der Waals surface area (Å²) >= 11 is 0.